The minimum atomic E-state index is -0.407. The zero-order valence-corrected chi connectivity index (χ0v) is 16.0. The van der Waals surface area contributed by atoms with Crippen LogP contribution in [0.5, 0.6) is 0 Å². The van der Waals surface area contributed by atoms with E-state index in [-0.39, 0.29) is 17.9 Å². The van der Waals surface area contributed by atoms with Crippen LogP contribution in [-0.4, -0.2) is 34.4 Å². The first-order valence-electron chi connectivity index (χ1n) is 9.11. The lowest BCUT2D eigenvalue weighted by Gasteiger charge is -2.26. The number of hydrogen-bond donors (Lipinski definition) is 0. The molecule has 1 aliphatic rings. The molecular weight excluding hydrogens is 348 g/mol. The van der Waals surface area contributed by atoms with Crippen LogP contribution in [0, 0.1) is 0 Å². The highest BCUT2D eigenvalue weighted by molar-refractivity contribution is 7.09. The maximum Gasteiger partial charge on any atom is 0.357 e. The van der Waals surface area contributed by atoms with Gasteiger partial charge in [0.25, 0.3) is 0 Å². The van der Waals surface area contributed by atoms with Crippen LogP contribution in [0.4, 0.5) is 0 Å². The predicted molar refractivity (Wildman–Crippen MR) is 101 cm³/mol. The second-order valence-electron chi connectivity index (χ2n) is 6.42. The molecule has 5 nitrogen and oxygen atoms in total. The van der Waals surface area contributed by atoms with Crippen molar-refractivity contribution in [1.29, 1.82) is 0 Å². The van der Waals surface area contributed by atoms with Crippen LogP contribution < -0.4 is 0 Å². The Morgan fingerprint density at radius 3 is 2.62 bits per heavy atom. The average molecular weight is 372 g/mol. The smallest absolute Gasteiger partial charge is 0.357 e. The van der Waals surface area contributed by atoms with Gasteiger partial charge < -0.3 is 9.64 Å². The summed E-state index contributed by atoms with van der Waals surface area (Å²) in [6.07, 6.45) is 2.83. The topological polar surface area (TPSA) is 59.5 Å². The Hall–Kier alpha value is -2.21. The average Bonchev–Trinajstić information content (AvgIpc) is 3.39. The number of thiazole rings is 1. The molecule has 1 fully saturated rings. The number of hydrogen-bond acceptors (Lipinski definition) is 5. The molecule has 6 heteroatoms. The maximum absolute atomic E-state index is 13.2. The third kappa shape index (κ3) is 4.30. The van der Waals surface area contributed by atoms with Gasteiger partial charge in [0.05, 0.1) is 19.1 Å². The van der Waals surface area contributed by atoms with Crippen LogP contribution in [0.2, 0.25) is 0 Å². The Kier molecular flexibility index (Phi) is 6.04. The van der Waals surface area contributed by atoms with E-state index in [1.807, 2.05) is 42.2 Å². The van der Waals surface area contributed by atoms with E-state index in [4.69, 9.17) is 4.74 Å². The quantitative estimate of drug-likeness (QED) is 0.657. The fourth-order valence-corrected chi connectivity index (χ4v) is 3.80. The van der Waals surface area contributed by atoms with Crippen LogP contribution >= 0.6 is 11.3 Å². The van der Waals surface area contributed by atoms with Crippen molar-refractivity contribution in [2.45, 2.75) is 51.6 Å². The Morgan fingerprint density at radius 2 is 2.00 bits per heavy atom. The summed E-state index contributed by atoms with van der Waals surface area (Å²) in [5, 5.41) is 2.48. The Morgan fingerprint density at radius 1 is 1.27 bits per heavy atom. The van der Waals surface area contributed by atoms with Gasteiger partial charge in [0, 0.05) is 11.4 Å². The number of benzene rings is 1. The van der Waals surface area contributed by atoms with Crippen molar-refractivity contribution in [3.05, 3.63) is 52.0 Å². The molecule has 138 valence electrons. The fraction of sp³-hybridized carbons (Fsp3) is 0.450. The van der Waals surface area contributed by atoms with Crippen molar-refractivity contribution in [3.63, 3.8) is 0 Å². The molecule has 1 unspecified atom stereocenters. The van der Waals surface area contributed by atoms with Gasteiger partial charge in [-0.05, 0) is 31.7 Å². The highest BCUT2D eigenvalue weighted by atomic mass is 32.1. The second kappa shape index (κ2) is 8.45. The molecule has 0 N–H and O–H groups in total. The van der Waals surface area contributed by atoms with E-state index in [9.17, 15) is 9.59 Å². The van der Waals surface area contributed by atoms with Gasteiger partial charge in [-0.1, -0.05) is 37.3 Å². The molecule has 0 saturated heterocycles. The van der Waals surface area contributed by atoms with Gasteiger partial charge in [-0.15, -0.1) is 11.3 Å². The molecule has 0 aliphatic heterocycles. The third-order valence-corrected chi connectivity index (χ3v) is 5.35. The zero-order chi connectivity index (χ0) is 18.5. The number of amides is 1. The second-order valence-corrected chi connectivity index (χ2v) is 7.36. The van der Waals surface area contributed by atoms with Crippen molar-refractivity contribution >= 4 is 23.2 Å². The van der Waals surface area contributed by atoms with E-state index >= 15 is 0 Å². The zero-order valence-electron chi connectivity index (χ0n) is 15.2. The summed E-state index contributed by atoms with van der Waals surface area (Å²) in [6.45, 7) is 4.60. The van der Waals surface area contributed by atoms with E-state index in [1.165, 1.54) is 11.3 Å². The van der Waals surface area contributed by atoms with Crippen molar-refractivity contribution in [3.8, 4) is 0 Å². The predicted octanol–water partition coefficient (Wildman–Crippen LogP) is 4.00. The van der Waals surface area contributed by atoms with Crippen LogP contribution in [0.15, 0.2) is 35.7 Å². The van der Waals surface area contributed by atoms with Gasteiger partial charge in [0.1, 0.15) is 5.01 Å². The van der Waals surface area contributed by atoms with Gasteiger partial charge in [0.15, 0.2) is 5.69 Å². The largest absolute Gasteiger partial charge is 0.461 e. The molecule has 1 aromatic heterocycles. The van der Waals surface area contributed by atoms with E-state index in [2.05, 4.69) is 4.98 Å². The number of nitrogens with zero attached hydrogens (tertiary/aromatic N) is 2. The Bertz CT molecular complexity index is 755. The Balaban J connectivity index is 1.75. The first-order chi connectivity index (χ1) is 12.6. The number of carbonyl (C=O) groups is 2. The molecule has 3 rings (SSSR count). The first-order valence-corrected chi connectivity index (χ1v) is 9.98. The fourth-order valence-electron chi connectivity index (χ4n) is 3.04. The van der Waals surface area contributed by atoms with Crippen molar-refractivity contribution in [1.82, 2.24) is 9.88 Å². The number of ether oxygens (including phenoxy) is 1. The van der Waals surface area contributed by atoms with Gasteiger partial charge in [-0.2, -0.15) is 0 Å². The highest BCUT2D eigenvalue weighted by Crippen LogP contribution is 2.33. The summed E-state index contributed by atoms with van der Waals surface area (Å²) in [6, 6.07) is 10.2. The maximum atomic E-state index is 13.2. The van der Waals surface area contributed by atoms with Crippen LogP contribution in [-0.2, 0) is 16.1 Å². The van der Waals surface area contributed by atoms with Gasteiger partial charge in [-0.25, -0.2) is 9.78 Å². The molecular formula is C20H24N2O3S. The summed E-state index contributed by atoms with van der Waals surface area (Å²) in [5.74, 6) is -0.398. The highest BCUT2D eigenvalue weighted by Gasteiger charge is 2.36. The summed E-state index contributed by atoms with van der Waals surface area (Å²) in [4.78, 5) is 31.3. The van der Waals surface area contributed by atoms with Crippen molar-refractivity contribution < 1.29 is 14.3 Å². The van der Waals surface area contributed by atoms with E-state index in [0.29, 0.717) is 18.8 Å². The standard InChI is InChI=1S/C20H24N2O3S/c1-3-16(14-8-6-5-7-9-14)19(23)22(15-10-11-15)12-18-21-17(13-26-18)20(24)25-4-2/h5-9,13,15-16H,3-4,10-12H2,1-2H3. The molecule has 0 radical (unpaired) electrons. The number of esters is 1. The molecule has 0 spiro atoms. The molecule has 1 aliphatic carbocycles. The van der Waals surface area contributed by atoms with Gasteiger partial charge >= 0.3 is 5.97 Å². The summed E-state index contributed by atoms with van der Waals surface area (Å²) < 4.78 is 4.99. The molecule has 1 atom stereocenters. The van der Waals surface area contributed by atoms with E-state index < -0.39 is 5.97 Å². The monoisotopic (exact) mass is 372 g/mol. The van der Waals surface area contributed by atoms with Crippen LogP contribution in [0.25, 0.3) is 0 Å². The normalized spacial score (nSPS) is 14.7. The lowest BCUT2D eigenvalue weighted by Crippen LogP contribution is -2.36. The summed E-state index contributed by atoms with van der Waals surface area (Å²) in [5.41, 5.74) is 1.38. The summed E-state index contributed by atoms with van der Waals surface area (Å²) >= 11 is 1.40. The van der Waals surface area contributed by atoms with E-state index in [0.717, 1.165) is 29.8 Å². The molecule has 26 heavy (non-hydrogen) atoms. The molecule has 1 saturated carbocycles. The number of rotatable bonds is 8. The lowest BCUT2D eigenvalue weighted by molar-refractivity contribution is -0.134. The Labute approximate surface area is 158 Å². The van der Waals surface area contributed by atoms with Gasteiger partial charge in [-0.3, -0.25) is 4.79 Å². The van der Waals surface area contributed by atoms with Crippen molar-refractivity contribution in [2.24, 2.45) is 0 Å². The lowest BCUT2D eigenvalue weighted by atomic mass is 9.95. The third-order valence-electron chi connectivity index (χ3n) is 4.52. The van der Waals surface area contributed by atoms with E-state index in [1.54, 1.807) is 12.3 Å². The SMILES string of the molecule is CCOC(=O)c1csc(CN(C(=O)C(CC)c2ccccc2)C2CC2)n1. The van der Waals surface area contributed by atoms with Crippen LogP contribution in [0.1, 0.15) is 60.1 Å². The first kappa shape index (κ1) is 18.6. The number of carbonyl (C=O) groups excluding carboxylic acids is 2. The molecule has 1 amide bonds. The minimum absolute atomic E-state index is 0.138. The molecule has 1 heterocycles. The van der Waals surface area contributed by atoms with Crippen LogP contribution in [0.3, 0.4) is 0 Å². The molecule has 0 bridgehead atoms. The summed E-state index contributed by atoms with van der Waals surface area (Å²) in [7, 11) is 0. The van der Waals surface area contributed by atoms with Gasteiger partial charge in [0.2, 0.25) is 5.91 Å². The minimum Gasteiger partial charge on any atom is -0.461 e. The van der Waals surface area contributed by atoms with Crippen molar-refractivity contribution in [2.75, 3.05) is 6.61 Å². The number of aromatic nitrogens is 1. The molecule has 2 aromatic rings. The molecule has 1 aromatic carbocycles.